The van der Waals surface area contributed by atoms with Crippen molar-refractivity contribution in [3.63, 3.8) is 0 Å². The molecule has 20 heavy (non-hydrogen) atoms. The van der Waals surface area contributed by atoms with Crippen molar-refractivity contribution in [2.75, 3.05) is 6.54 Å². The van der Waals surface area contributed by atoms with Crippen molar-refractivity contribution < 1.29 is 9.90 Å². The van der Waals surface area contributed by atoms with E-state index in [1.807, 2.05) is 38.1 Å². The maximum Gasteiger partial charge on any atom is 0.239 e. The van der Waals surface area contributed by atoms with Crippen LogP contribution < -0.4 is 11.1 Å². The van der Waals surface area contributed by atoms with E-state index < -0.39 is 11.6 Å². The summed E-state index contributed by atoms with van der Waals surface area (Å²) in [6.45, 7) is 5.87. The molecule has 0 saturated heterocycles. The lowest BCUT2D eigenvalue weighted by Crippen LogP contribution is -2.52. The third kappa shape index (κ3) is 5.49. The number of aliphatic hydroxyl groups excluding tert-OH is 1. The van der Waals surface area contributed by atoms with Crippen molar-refractivity contribution >= 4 is 18.3 Å². The molecule has 0 saturated carbocycles. The Bertz CT molecular complexity index is 418. The number of halogens is 1. The minimum atomic E-state index is -0.873. The smallest absolute Gasteiger partial charge is 0.239 e. The highest BCUT2D eigenvalue weighted by Gasteiger charge is 2.27. The molecule has 2 unspecified atom stereocenters. The summed E-state index contributed by atoms with van der Waals surface area (Å²) < 4.78 is 0. The van der Waals surface area contributed by atoms with Crippen LogP contribution in [-0.4, -0.2) is 23.1 Å². The van der Waals surface area contributed by atoms with E-state index >= 15 is 0 Å². The Hall–Kier alpha value is -1.10. The fraction of sp³-hybridized carbons (Fsp3) is 0.533. The molecule has 0 aliphatic carbocycles. The third-order valence-corrected chi connectivity index (χ3v) is 3.21. The van der Waals surface area contributed by atoms with Crippen LogP contribution in [-0.2, 0) is 4.79 Å². The first-order valence-corrected chi connectivity index (χ1v) is 6.68. The minimum absolute atomic E-state index is 0. The van der Waals surface area contributed by atoms with Gasteiger partial charge < -0.3 is 16.2 Å². The number of hydrogen-bond acceptors (Lipinski definition) is 3. The number of aliphatic hydroxyl groups is 1. The second-order valence-corrected chi connectivity index (χ2v) is 5.30. The molecule has 0 aliphatic rings. The Kier molecular flexibility index (Phi) is 7.79. The van der Waals surface area contributed by atoms with Gasteiger partial charge in [-0.25, -0.2) is 0 Å². The Morgan fingerprint density at radius 2 is 1.95 bits per heavy atom. The number of hydrogen-bond donors (Lipinski definition) is 3. The van der Waals surface area contributed by atoms with Gasteiger partial charge in [-0.15, -0.1) is 12.4 Å². The summed E-state index contributed by atoms with van der Waals surface area (Å²) >= 11 is 0. The standard InChI is InChI=1S/C15H24N2O2.ClH/c1-4-9-15(3,16)14(19)17-10-13(18)12-7-5-11(2)6-8-12;/h5-8,13,18H,4,9-10,16H2,1-3H3,(H,17,19);1H. The van der Waals surface area contributed by atoms with E-state index in [4.69, 9.17) is 5.73 Å². The first-order valence-electron chi connectivity index (χ1n) is 6.68. The quantitative estimate of drug-likeness (QED) is 0.753. The SMILES string of the molecule is CCCC(C)(N)C(=O)NCC(O)c1ccc(C)cc1.Cl. The van der Waals surface area contributed by atoms with Crippen LogP contribution in [0.25, 0.3) is 0 Å². The van der Waals surface area contributed by atoms with E-state index in [0.29, 0.717) is 6.42 Å². The number of nitrogens with two attached hydrogens (primary N) is 1. The van der Waals surface area contributed by atoms with Gasteiger partial charge in [0.2, 0.25) is 5.91 Å². The van der Waals surface area contributed by atoms with Crippen molar-refractivity contribution in [3.05, 3.63) is 35.4 Å². The Morgan fingerprint density at radius 1 is 1.40 bits per heavy atom. The van der Waals surface area contributed by atoms with Crippen LogP contribution in [0.5, 0.6) is 0 Å². The normalized spacial score (nSPS) is 14.8. The largest absolute Gasteiger partial charge is 0.387 e. The number of amides is 1. The van der Waals surface area contributed by atoms with E-state index in [9.17, 15) is 9.90 Å². The first-order chi connectivity index (χ1) is 8.86. The zero-order valence-electron chi connectivity index (χ0n) is 12.3. The van der Waals surface area contributed by atoms with Crippen molar-refractivity contribution in [1.82, 2.24) is 5.32 Å². The molecule has 2 atom stereocenters. The number of nitrogens with one attached hydrogen (secondary N) is 1. The summed E-state index contributed by atoms with van der Waals surface area (Å²) in [6.07, 6.45) is 0.766. The monoisotopic (exact) mass is 300 g/mol. The van der Waals surface area contributed by atoms with E-state index in [1.165, 1.54) is 0 Å². The van der Waals surface area contributed by atoms with Crippen molar-refractivity contribution in [2.24, 2.45) is 5.73 Å². The molecule has 1 aromatic carbocycles. The van der Waals surface area contributed by atoms with Gasteiger partial charge in [-0.3, -0.25) is 4.79 Å². The third-order valence-electron chi connectivity index (χ3n) is 3.21. The predicted octanol–water partition coefficient (Wildman–Crippen LogP) is 2.08. The minimum Gasteiger partial charge on any atom is -0.387 e. The van der Waals surface area contributed by atoms with Gasteiger partial charge in [-0.2, -0.15) is 0 Å². The molecule has 114 valence electrons. The summed E-state index contributed by atoms with van der Waals surface area (Å²) in [5.74, 6) is -0.222. The van der Waals surface area contributed by atoms with E-state index in [1.54, 1.807) is 6.92 Å². The zero-order chi connectivity index (χ0) is 14.5. The molecule has 0 fully saturated rings. The molecule has 1 aromatic rings. The van der Waals surface area contributed by atoms with E-state index in [2.05, 4.69) is 5.32 Å². The van der Waals surface area contributed by atoms with Crippen LogP contribution in [0, 0.1) is 6.92 Å². The number of carbonyl (C=O) groups is 1. The number of rotatable bonds is 6. The number of carbonyl (C=O) groups excluding carboxylic acids is 1. The van der Waals surface area contributed by atoms with Gasteiger partial charge in [0.25, 0.3) is 0 Å². The van der Waals surface area contributed by atoms with Gasteiger partial charge in [-0.05, 0) is 25.8 Å². The lowest BCUT2D eigenvalue weighted by Gasteiger charge is -2.23. The topological polar surface area (TPSA) is 75.4 Å². The van der Waals surface area contributed by atoms with E-state index in [0.717, 1.165) is 17.5 Å². The molecule has 0 aliphatic heterocycles. The Balaban J connectivity index is 0.00000361. The molecule has 1 rings (SSSR count). The number of benzene rings is 1. The molecule has 0 radical (unpaired) electrons. The molecule has 4 nitrogen and oxygen atoms in total. The Labute approximate surface area is 127 Å². The van der Waals surface area contributed by atoms with Gasteiger partial charge in [0, 0.05) is 6.54 Å². The summed E-state index contributed by atoms with van der Waals surface area (Å²) in [4.78, 5) is 11.9. The average Bonchev–Trinajstić information content (AvgIpc) is 2.36. The summed E-state index contributed by atoms with van der Waals surface area (Å²) in [5.41, 5.74) is 6.98. The van der Waals surface area contributed by atoms with Crippen LogP contribution in [0.3, 0.4) is 0 Å². The summed E-state index contributed by atoms with van der Waals surface area (Å²) in [7, 11) is 0. The fourth-order valence-corrected chi connectivity index (χ4v) is 1.93. The highest BCUT2D eigenvalue weighted by molar-refractivity contribution is 5.85. The van der Waals surface area contributed by atoms with Gasteiger partial charge in [0.15, 0.2) is 0 Å². The maximum atomic E-state index is 11.9. The van der Waals surface area contributed by atoms with Crippen LogP contribution in [0.1, 0.15) is 43.9 Å². The summed E-state index contributed by atoms with van der Waals surface area (Å²) in [6, 6.07) is 7.59. The van der Waals surface area contributed by atoms with Crippen LogP contribution in [0.2, 0.25) is 0 Å². The van der Waals surface area contributed by atoms with Crippen molar-refractivity contribution in [2.45, 2.75) is 45.3 Å². The molecule has 0 spiro atoms. The molecular formula is C15H25ClN2O2. The van der Waals surface area contributed by atoms with Gasteiger partial charge in [0.1, 0.15) is 0 Å². The van der Waals surface area contributed by atoms with Gasteiger partial charge in [-0.1, -0.05) is 43.2 Å². The Morgan fingerprint density at radius 3 is 2.45 bits per heavy atom. The second-order valence-electron chi connectivity index (χ2n) is 5.30. The molecular weight excluding hydrogens is 276 g/mol. The van der Waals surface area contributed by atoms with Crippen molar-refractivity contribution in [1.29, 1.82) is 0 Å². The molecule has 0 heterocycles. The number of aryl methyl sites for hydroxylation is 1. The first kappa shape index (κ1) is 18.9. The van der Waals surface area contributed by atoms with Crippen LogP contribution in [0.15, 0.2) is 24.3 Å². The fourth-order valence-electron chi connectivity index (χ4n) is 1.93. The van der Waals surface area contributed by atoms with Crippen LogP contribution >= 0.6 is 12.4 Å². The molecule has 1 amide bonds. The molecule has 0 bridgehead atoms. The van der Waals surface area contributed by atoms with Crippen LogP contribution in [0.4, 0.5) is 0 Å². The highest BCUT2D eigenvalue weighted by Crippen LogP contribution is 2.14. The zero-order valence-corrected chi connectivity index (χ0v) is 13.2. The highest BCUT2D eigenvalue weighted by atomic mass is 35.5. The predicted molar refractivity (Wildman–Crippen MR) is 83.9 cm³/mol. The van der Waals surface area contributed by atoms with E-state index in [-0.39, 0.29) is 24.9 Å². The van der Waals surface area contributed by atoms with Gasteiger partial charge >= 0.3 is 0 Å². The lowest BCUT2D eigenvalue weighted by molar-refractivity contribution is -0.126. The van der Waals surface area contributed by atoms with Gasteiger partial charge in [0.05, 0.1) is 11.6 Å². The lowest BCUT2D eigenvalue weighted by atomic mass is 9.96. The maximum absolute atomic E-state index is 11.9. The molecule has 5 heteroatoms. The van der Waals surface area contributed by atoms with Crippen molar-refractivity contribution in [3.8, 4) is 0 Å². The summed E-state index contributed by atoms with van der Waals surface area (Å²) in [5, 5.41) is 12.7. The molecule has 4 N–H and O–H groups in total. The molecule has 0 aromatic heterocycles. The average molecular weight is 301 g/mol. The second kappa shape index (κ2) is 8.25.